The molecule has 92 valence electrons. The lowest BCUT2D eigenvalue weighted by Gasteiger charge is -2.07. The first kappa shape index (κ1) is 12.1. The second kappa shape index (κ2) is 5.82. The molecule has 1 aromatic heterocycles. The minimum Gasteiger partial charge on any atom is -0.484 e. The van der Waals surface area contributed by atoms with Crippen LogP contribution in [0.25, 0.3) is 0 Å². The number of carbonyl (C=O) groups is 1. The first-order chi connectivity index (χ1) is 8.74. The summed E-state index contributed by atoms with van der Waals surface area (Å²) in [5.74, 6) is 0.487. The summed E-state index contributed by atoms with van der Waals surface area (Å²) >= 11 is 0. The zero-order chi connectivity index (χ0) is 12.8. The molecule has 18 heavy (non-hydrogen) atoms. The molecule has 1 aromatic carbocycles. The second-order valence-corrected chi connectivity index (χ2v) is 3.90. The van der Waals surface area contributed by atoms with E-state index in [4.69, 9.17) is 4.74 Å². The summed E-state index contributed by atoms with van der Waals surface area (Å²) in [7, 11) is 0. The van der Waals surface area contributed by atoms with Gasteiger partial charge in [0.25, 0.3) is 5.91 Å². The number of rotatable bonds is 4. The third-order valence-electron chi connectivity index (χ3n) is 2.30. The lowest BCUT2D eigenvalue weighted by atomic mass is 10.2. The molecule has 2 rings (SSSR count). The maximum atomic E-state index is 11.6. The predicted octanol–water partition coefficient (Wildman–Crippen LogP) is 2.41. The Labute approximate surface area is 106 Å². The van der Waals surface area contributed by atoms with Crippen molar-refractivity contribution in [2.45, 2.75) is 6.92 Å². The first-order valence-corrected chi connectivity index (χ1v) is 5.63. The number of aromatic nitrogens is 1. The molecule has 0 saturated heterocycles. The molecule has 0 aliphatic heterocycles. The minimum atomic E-state index is -0.204. The summed E-state index contributed by atoms with van der Waals surface area (Å²) in [6.07, 6.45) is 3.24. The SMILES string of the molecule is Cc1cccc(OCC(=O)Nc2cccnc2)c1. The molecule has 1 N–H and O–H groups in total. The van der Waals surface area contributed by atoms with Gasteiger partial charge in [0.1, 0.15) is 5.75 Å². The van der Waals surface area contributed by atoms with E-state index in [-0.39, 0.29) is 12.5 Å². The van der Waals surface area contributed by atoms with E-state index in [2.05, 4.69) is 10.3 Å². The molecular weight excluding hydrogens is 228 g/mol. The van der Waals surface area contributed by atoms with E-state index in [9.17, 15) is 4.79 Å². The Morgan fingerprint density at radius 3 is 2.94 bits per heavy atom. The summed E-state index contributed by atoms with van der Waals surface area (Å²) < 4.78 is 5.39. The van der Waals surface area contributed by atoms with E-state index in [1.54, 1.807) is 24.5 Å². The number of carbonyl (C=O) groups excluding carboxylic acids is 1. The molecule has 4 heteroatoms. The lowest BCUT2D eigenvalue weighted by Crippen LogP contribution is -2.20. The molecular formula is C14H14N2O2. The number of ether oxygens (including phenoxy) is 1. The van der Waals surface area contributed by atoms with Gasteiger partial charge in [-0.3, -0.25) is 9.78 Å². The van der Waals surface area contributed by atoms with Gasteiger partial charge < -0.3 is 10.1 Å². The van der Waals surface area contributed by atoms with Crippen LogP contribution < -0.4 is 10.1 Å². The van der Waals surface area contributed by atoms with Gasteiger partial charge in [-0.05, 0) is 36.8 Å². The zero-order valence-electron chi connectivity index (χ0n) is 10.1. The van der Waals surface area contributed by atoms with E-state index in [0.717, 1.165) is 5.56 Å². The number of benzene rings is 1. The maximum Gasteiger partial charge on any atom is 0.262 e. The quantitative estimate of drug-likeness (QED) is 0.895. The van der Waals surface area contributed by atoms with Crippen LogP contribution >= 0.6 is 0 Å². The monoisotopic (exact) mass is 242 g/mol. The van der Waals surface area contributed by atoms with Crippen molar-refractivity contribution >= 4 is 11.6 Å². The van der Waals surface area contributed by atoms with E-state index < -0.39 is 0 Å². The largest absolute Gasteiger partial charge is 0.484 e. The third kappa shape index (κ3) is 3.59. The average Bonchev–Trinajstić information content (AvgIpc) is 2.38. The van der Waals surface area contributed by atoms with Crippen LogP contribution in [0.3, 0.4) is 0 Å². The van der Waals surface area contributed by atoms with Crippen LogP contribution in [0.2, 0.25) is 0 Å². The smallest absolute Gasteiger partial charge is 0.262 e. The number of nitrogens with one attached hydrogen (secondary N) is 1. The maximum absolute atomic E-state index is 11.6. The molecule has 0 atom stereocenters. The van der Waals surface area contributed by atoms with Crippen molar-refractivity contribution in [2.75, 3.05) is 11.9 Å². The Bertz CT molecular complexity index is 526. The number of pyridine rings is 1. The van der Waals surface area contributed by atoms with Crippen LogP contribution in [-0.4, -0.2) is 17.5 Å². The van der Waals surface area contributed by atoms with E-state index in [1.165, 1.54) is 0 Å². The van der Waals surface area contributed by atoms with E-state index in [0.29, 0.717) is 11.4 Å². The van der Waals surface area contributed by atoms with Crippen molar-refractivity contribution in [1.82, 2.24) is 4.98 Å². The first-order valence-electron chi connectivity index (χ1n) is 5.63. The van der Waals surface area contributed by atoms with Gasteiger partial charge in [0.15, 0.2) is 6.61 Å². The molecule has 0 saturated carbocycles. The number of hydrogen-bond acceptors (Lipinski definition) is 3. The Morgan fingerprint density at radius 1 is 1.33 bits per heavy atom. The molecule has 0 bridgehead atoms. The summed E-state index contributed by atoms with van der Waals surface area (Å²) in [6.45, 7) is 1.96. The van der Waals surface area contributed by atoms with Gasteiger partial charge in [-0.1, -0.05) is 12.1 Å². The highest BCUT2D eigenvalue weighted by atomic mass is 16.5. The van der Waals surface area contributed by atoms with Crippen LogP contribution in [-0.2, 0) is 4.79 Å². The van der Waals surface area contributed by atoms with Crippen molar-refractivity contribution in [1.29, 1.82) is 0 Å². The van der Waals surface area contributed by atoms with Crippen LogP contribution in [0.15, 0.2) is 48.8 Å². The lowest BCUT2D eigenvalue weighted by molar-refractivity contribution is -0.118. The fourth-order valence-corrected chi connectivity index (χ4v) is 1.49. The molecule has 0 aliphatic rings. The number of nitrogens with zero attached hydrogens (tertiary/aromatic N) is 1. The molecule has 1 amide bonds. The van der Waals surface area contributed by atoms with E-state index in [1.807, 2.05) is 31.2 Å². The van der Waals surface area contributed by atoms with Crippen molar-refractivity contribution in [3.05, 3.63) is 54.4 Å². The Kier molecular flexibility index (Phi) is 3.91. The number of anilines is 1. The molecule has 0 aliphatic carbocycles. The van der Waals surface area contributed by atoms with Gasteiger partial charge in [-0.25, -0.2) is 0 Å². The van der Waals surface area contributed by atoms with Gasteiger partial charge in [0.05, 0.1) is 11.9 Å². The van der Waals surface area contributed by atoms with Gasteiger partial charge >= 0.3 is 0 Å². The van der Waals surface area contributed by atoms with Crippen LogP contribution in [0.4, 0.5) is 5.69 Å². The molecule has 1 heterocycles. The topological polar surface area (TPSA) is 51.2 Å². The highest BCUT2D eigenvalue weighted by molar-refractivity contribution is 5.91. The fraction of sp³-hybridized carbons (Fsp3) is 0.143. The number of amides is 1. The highest BCUT2D eigenvalue weighted by Gasteiger charge is 2.03. The fourth-order valence-electron chi connectivity index (χ4n) is 1.49. The number of aryl methyl sites for hydroxylation is 1. The van der Waals surface area contributed by atoms with Crippen LogP contribution in [0.1, 0.15) is 5.56 Å². The normalized spacial score (nSPS) is 9.83. The molecule has 4 nitrogen and oxygen atoms in total. The molecule has 0 spiro atoms. The molecule has 0 unspecified atom stereocenters. The summed E-state index contributed by atoms with van der Waals surface area (Å²) in [4.78, 5) is 15.5. The van der Waals surface area contributed by atoms with Crippen molar-refractivity contribution in [3.8, 4) is 5.75 Å². The van der Waals surface area contributed by atoms with Crippen LogP contribution in [0.5, 0.6) is 5.75 Å². The van der Waals surface area contributed by atoms with Crippen molar-refractivity contribution in [3.63, 3.8) is 0 Å². The molecule has 0 radical (unpaired) electrons. The molecule has 0 fully saturated rings. The number of hydrogen-bond donors (Lipinski definition) is 1. The minimum absolute atomic E-state index is 0.0155. The van der Waals surface area contributed by atoms with Crippen molar-refractivity contribution < 1.29 is 9.53 Å². The Hall–Kier alpha value is -2.36. The average molecular weight is 242 g/mol. The predicted molar refractivity (Wildman–Crippen MR) is 69.5 cm³/mol. The second-order valence-electron chi connectivity index (χ2n) is 3.90. The van der Waals surface area contributed by atoms with Crippen molar-refractivity contribution in [2.24, 2.45) is 0 Å². The van der Waals surface area contributed by atoms with Gasteiger partial charge in [0.2, 0.25) is 0 Å². The third-order valence-corrected chi connectivity index (χ3v) is 2.30. The van der Waals surface area contributed by atoms with Gasteiger partial charge in [-0.2, -0.15) is 0 Å². The Balaban J connectivity index is 1.85. The zero-order valence-corrected chi connectivity index (χ0v) is 10.1. The summed E-state index contributed by atoms with van der Waals surface area (Å²) in [5.41, 5.74) is 1.76. The summed E-state index contributed by atoms with van der Waals surface area (Å²) in [6, 6.07) is 11.1. The Morgan fingerprint density at radius 2 is 2.22 bits per heavy atom. The summed E-state index contributed by atoms with van der Waals surface area (Å²) in [5, 5.41) is 2.70. The molecule has 2 aromatic rings. The van der Waals surface area contributed by atoms with Gasteiger partial charge in [-0.15, -0.1) is 0 Å². The van der Waals surface area contributed by atoms with E-state index >= 15 is 0 Å². The van der Waals surface area contributed by atoms with Gasteiger partial charge in [0, 0.05) is 6.20 Å². The highest BCUT2D eigenvalue weighted by Crippen LogP contribution is 2.12. The standard InChI is InChI=1S/C14H14N2O2/c1-11-4-2-6-13(8-11)18-10-14(17)16-12-5-3-7-15-9-12/h2-9H,10H2,1H3,(H,16,17). The van der Waals surface area contributed by atoms with Crippen LogP contribution in [0, 0.1) is 6.92 Å².